The number of hydrogen-bond donors (Lipinski definition) is 0. The second-order valence-electron chi connectivity index (χ2n) is 6.29. The van der Waals surface area contributed by atoms with Crippen LogP contribution in [0.5, 0.6) is 0 Å². The minimum atomic E-state index is 0.144. The molecule has 0 unspecified atom stereocenters. The van der Waals surface area contributed by atoms with Gasteiger partial charge in [-0.2, -0.15) is 0 Å². The Balaban J connectivity index is 1.62. The van der Waals surface area contributed by atoms with Gasteiger partial charge in [0.2, 0.25) is 0 Å². The third-order valence-electron chi connectivity index (χ3n) is 4.49. The zero-order valence-electron chi connectivity index (χ0n) is 13.5. The zero-order chi connectivity index (χ0) is 16.5. The molecule has 0 bridgehead atoms. The lowest BCUT2D eigenvalue weighted by molar-refractivity contribution is 0.102. The number of hydrogen-bond acceptors (Lipinski definition) is 5. The minimum absolute atomic E-state index is 0.144. The number of thiophene rings is 1. The van der Waals surface area contributed by atoms with Crippen LogP contribution in [0.25, 0.3) is 10.2 Å². The predicted molar refractivity (Wildman–Crippen MR) is 100 cm³/mol. The fraction of sp³-hybridized carbons (Fsp3) is 0.316. The zero-order valence-corrected chi connectivity index (χ0v) is 15.1. The van der Waals surface area contributed by atoms with Crippen molar-refractivity contribution in [2.24, 2.45) is 5.92 Å². The molecule has 1 aromatic carbocycles. The first-order valence-corrected chi connectivity index (χ1v) is 9.99. The van der Waals surface area contributed by atoms with Crippen molar-refractivity contribution in [3.63, 3.8) is 0 Å². The van der Waals surface area contributed by atoms with E-state index in [1.165, 1.54) is 34.0 Å². The number of carbonyl (C=O) groups is 1. The van der Waals surface area contributed by atoms with Crippen molar-refractivity contribution >= 4 is 39.1 Å². The summed E-state index contributed by atoms with van der Waals surface area (Å²) in [6.45, 7) is 2.31. The van der Waals surface area contributed by atoms with Crippen LogP contribution in [0.2, 0.25) is 0 Å². The average Bonchev–Trinajstić information content (AvgIpc) is 2.98. The van der Waals surface area contributed by atoms with Gasteiger partial charge in [-0.1, -0.05) is 49.0 Å². The summed E-state index contributed by atoms with van der Waals surface area (Å²) in [6.07, 6.45) is 5.09. The smallest absolute Gasteiger partial charge is 0.173 e. The van der Waals surface area contributed by atoms with Crippen molar-refractivity contribution in [1.82, 2.24) is 9.97 Å². The van der Waals surface area contributed by atoms with Crippen LogP contribution in [-0.4, -0.2) is 21.5 Å². The van der Waals surface area contributed by atoms with E-state index in [4.69, 9.17) is 0 Å². The fourth-order valence-electron chi connectivity index (χ4n) is 3.20. The average molecular weight is 355 g/mol. The van der Waals surface area contributed by atoms with Crippen molar-refractivity contribution < 1.29 is 4.79 Å². The second-order valence-corrected chi connectivity index (χ2v) is 8.34. The standard InChI is InChI=1S/C19H18N2OS2/c1-12-7-8-14-16(9-12)24-19-17(14)18(20-11-21-19)23-10-15(22)13-5-3-2-4-6-13/h2-6,11-12H,7-10H2,1H3/t12-/m0/s1. The Morgan fingerprint density at radius 1 is 1.29 bits per heavy atom. The number of rotatable bonds is 4. The maximum atomic E-state index is 12.4. The van der Waals surface area contributed by atoms with Crippen molar-refractivity contribution in [1.29, 1.82) is 0 Å². The summed E-state index contributed by atoms with van der Waals surface area (Å²) in [5, 5.41) is 2.14. The first-order chi connectivity index (χ1) is 11.7. The predicted octanol–water partition coefficient (Wildman–Crippen LogP) is 4.79. The number of Topliss-reactive ketones (excluding diaryl/α,β-unsaturated/α-hetero) is 1. The number of nitrogens with zero attached hydrogens (tertiary/aromatic N) is 2. The number of ketones is 1. The fourth-order valence-corrected chi connectivity index (χ4v) is 5.53. The van der Waals surface area contributed by atoms with Crippen LogP contribution in [0.3, 0.4) is 0 Å². The molecule has 1 aliphatic rings. The van der Waals surface area contributed by atoms with Gasteiger partial charge in [0.05, 0.1) is 5.75 Å². The van der Waals surface area contributed by atoms with Gasteiger partial charge in [-0.25, -0.2) is 9.97 Å². The number of fused-ring (bicyclic) bond motifs is 3. The SMILES string of the molecule is C[C@H]1CCc2c(sc3ncnc(SCC(=O)c4ccccc4)c23)C1. The molecule has 0 fully saturated rings. The summed E-state index contributed by atoms with van der Waals surface area (Å²) in [5.41, 5.74) is 2.18. The third kappa shape index (κ3) is 2.98. The molecule has 2 aromatic heterocycles. The van der Waals surface area contributed by atoms with Crippen molar-refractivity contribution in [2.45, 2.75) is 31.2 Å². The molecule has 1 atom stereocenters. The van der Waals surface area contributed by atoms with Gasteiger partial charge in [-0.15, -0.1) is 11.3 Å². The summed E-state index contributed by atoms with van der Waals surface area (Å²) in [7, 11) is 0. The van der Waals surface area contributed by atoms with E-state index >= 15 is 0 Å². The normalized spacial score (nSPS) is 17.0. The Kier molecular flexibility index (Phi) is 4.37. The summed E-state index contributed by atoms with van der Waals surface area (Å²) in [4.78, 5) is 23.8. The number of aromatic nitrogens is 2. The molecule has 0 spiro atoms. The van der Waals surface area contributed by atoms with Gasteiger partial charge in [0, 0.05) is 15.8 Å². The molecule has 24 heavy (non-hydrogen) atoms. The monoisotopic (exact) mass is 354 g/mol. The lowest BCUT2D eigenvalue weighted by atomic mass is 9.89. The van der Waals surface area contributed by atoms with E-state index in [9.17, 15) is 4.79 Å². The van der Waals surface area contributed by atoms with E-state index in [1.54, 1.807) is 17.7 Å². The van der Waals surface area contributed by atoms with Crippen LogP contribution in [0.4, 0.5) is 0 Å². The molecule has 0 saturated carbocycles. The van der Waals surface area contributed by atoms with Gasteiger partial charge in [0.25, 0.3) is 0 Å². The molecule has 1 aliphatic carbocycles. The van der Waals surface area contributed by atoms with Gasteiger partial charge in [-0.3, -0.25) is 4.79 Å². The lowest BCUT2D eigenvalue weighted by Gasteiger charge is -2.18. The highest BCUT2D eigenvalue weighted by molar-refractivity contribution is 8.00. The van der Waals surface area contributed by atoms with Crippen molar-refractivity contribution in [2.75, 3.05) is 5.75 Å². The van der Waals surface area contributed by atoms with E-state index in [2.05, 4.69) is 16.9 Å². The van der Waals surface area contributed by atoms with Crippen LogP contribution in [0.15, 0.2) is 41.7 Å². The van der Waals surface area contributed by atoms with Gasteiger partial charge >= 0.3 is 0 Å². The first-order valence-electron chi connectivity index (χ1n) is 8.18. The largest absolute Gasteiger partial charge is 0.293 e. The first kappa shape index (κ1) is 15.8. The van der Waals surface area contributed by atoms with Gasteiger partial charge < -0.3 is 0 Å². The molecule has 0 N–H and O–H groups in total. The molecule has 3 aromatic rings. The molecule has 0 saturated heterocycles. The number of thioether (sulfide) groups is 1. The molecule has 3 nitrogen and oxygen atoms in total. The van der Waals surface area contributed by atoms with E-state index in [0.29, 0.717) is 5.75 Å². The summed E-state index contributed by atoms with van der Waals surface area (Å²) < 4.78 is 0. The molecular weight excluding hydrogens is 336 g/mol. The molecule has 122 valence electrons. The summed E-state index contributed by atoms with van der Waals surface area (Å²) in [6, 6.07) is 9.46. The summed E-state index contributed by atoms with van der Waals surface area (Å²) in [5.74, 6) is 1.30. The molecule has 5 heteroatoms. The number of benzene rings is 1. The van der Waals surface area contributed by atoms with Crippen molar-refractivity contribution in [3.8, 4) is 0 Å². The Hall–Kier alpha value is -1.72. The van der Waals surface area contributed by atoms with Crippen LogP contribution < -0.4 is 0 Å². The minimum Gasteiger partial charge on any atom is -0.293 e. The van der Waals surface area contributed by atoms with Gasteiger partial charge in [-0.05, 0) is 30.7 Å². The maximum absolute atomic E-state index is 12.4. The van der Waals surface area contributed by atoms with Crippen LogP contribution in [0, 0.1) is 5.92 Å². The molecular formula is C19H18N2OS2. The molecule has 2 heterocycles. The highest BCUT2D eigenvalue weighted by Crippen LogP contribution is 2.40. The third-order valence-corrected chi connectivity index (χ3v) is 6.64. The van der Waals surface area contributed by atoms with E-state index < -0.39 is 0 Å². The summed E-state index contributed by atoms with van der Waals surface area (Å²) >= 11 is 3.34. The quantitative estimate of drug-likeness (QED) is 0.384. The lowest BCUT2D eigenvalue weighted by Crippen LogP contribution is -2.09. The maximum Gasteiger partial charge on any atom is 0.173 e. The highest BCUT2D eigenvalue weighted by Gasteiger charge is 2.23. The van der Waals surface area contributed by atoms with Crippen molar-refractivity contribution in [3.05, 3.63) is 52.7 Å². The van der Waals surface area contributed by atoms with Gasteiger partial charge in [0.1, 0.15) is 16.2 Å². The highest BCUT2D eigenvalue weighted by atomic mass is 32.2. The number of aryl methyl sites for hydroxylation is 1. The van der Waals surface area contributed by atoms with E-state index in [1.807, 2.05) is 30.3 Å². The van der Waals surface area contributed by atoms with Gasteiger partial charge in [0.15, 0.2) is 5.78 Å². The Bertz CT molecular complexity index is 889. The molecule has 0 amide bonds. The van der Waals surface area contributed by atoms with Crippen LogP contribution in [-0.2, 0) is 12.8 Å². The van der Waals surface area contributed by atoms with Crippen LogP contribution >= 0.6 is 23.1 Å². The Labute approximate surface area is 149 Å². The Morgan fingerprint density at radius 2 is 2.12 bits per heavy atom. The topological polar surface area (TPSA) is 42.9 Å². The van der Waals surface area contributed by atoms with Crippen LogP contribution in [0.1, 0.15) is 34.1 Å². The molecule has 0 aliphatic heterocycles. The van der Waals surface area contributed by atoms with E-state index in [0.717, 1.165) is 34.2 Å². The Morgan fingerprint density at radius 3 is 2.96 bits per heavy atom. The molecule has 4 rings (SSSR count). The number of carbonyl (C=O) groups excluding carboxylic acids is 1. The van der Waals surface area contributed by atoms with E-state index in [-0.39, 0.29) is 5.78 Å². The second kappa shape index (κ2) is 6.65. The molecule has 0 radical (unpaired) electrons.